The van der Waals surface area contributed by atoms with E-state index in [2.05, 4.69) is 22.1 Å². The first-order chi connectivity index (χ1) is 11.0. The molecule has 0 aliphatic carbocycles. The summed E-state index contributed by atoms with van der Waals surface area (Å²) >= 11 is 0. The fraction of sp³-hybridized carbons (Fsp3) is 0.167. The molecule has 0 bridgehead atoms. The number of nitrogens with zero attached hydrogens (tertiary/aromatic N) is 3. The number of anilines is 2. The van der Waals surface area contributed by atoms with Gasteiger partial charge in [0.15, 0.2) is 0 Å². The van der Waals surface area contributed by atoms with Crippen molar-refractivity contribution < 1.29 is 0 Å². The third kappa shape index (κ3) is 2.79. The summed E-state index contributed by atoms with van der Waals surface area (Å²) in [5.74, 6) is 0.552. The van der Waals surface area contributed by atoms with Gasteiger partial charge >= 0.3 is 0 Å². The molecule has 0 aliphatic rings. The summed E-state index contributed by atoms with van der Waals surface area (Å²) in [7, 11) is 0. The molecule has 0 spiro atoms. The molecular formula is C18H17N5. The van der Waals surface area contributed by atoms with Crippen molar-refractivity contribution in [2.24, 2.45) is 0 Å². The molecule has 3 rings (SSSR count). The maximum absolute atomic E-state index is 8.93. The predicted molar refractivity (Wildman–Crippen MR) is 92.6 cm³/mol. The lowest BCUT2D eigenvalue weighted by Crippen LogP contribution is -2.01. The van der Waals surface area contributed by atoms with Crippen LogP contribution in [0.3, 0.4) is 0 Å². The van der Waals surface area contributed by atoms with E-state index in [4.69, 9.17) is 16.7 Å². The second-order valence-corrected chi connectivity index (χ2v) is 5.69. The number of nitrogen functional groups attached to an aromatic ring is 2. The number of aryl methyl sites for hydroxylation is 2. The number of nitrogens with two attached hydrogens (primary N) is 2. The van der Waals surface area contributed by atoms with Crippen LogP contribution >= 0.6 is 0 Å². The second kappa shape index (κ2) is 5.58. The Kier molecular flexibility index (Phi) is 3.59. The molecule has 23 heavy (non-hydrogen) atoms. The number of benzene rings is 2. The minimum Gasteiger partial charge on any atom is -0.383 e. The quantitative estimate of drug-likeness (QED) is 0.757. The summed E-state index contributed by atoms with van der Waals surface area (Å²) in [5.41, 5.74) is 17.7. The first-order valence-corrected chi connectivity index (χ1v) is 7.29. The molecule has 0 aliphatic heterocycles. The lowest BCUT2D eigenvalue weighted by atomic mass is 9.95. The van der Waals surface area contributed by atoms with Gasteiger partial charge in [0.1, 0.15) is 5.82 Å². The standard InChI is InChI=1S/C18H17N5/c1-10-5-12(3-4-19)8-13(6-10)14-9-16-15(7-11(14)2)17(20)23-18(21)22-16/h5-9H,3H2,1-2H3,(H4,20,21,22,23). The Morgan fingerprint density at radius 1 is 1.04 bits per heavy atom. The summed E-state index contributed by atoms with van der Waals surface area (Å²) in [5, 5.41) is 9.73. The molecule has 114 valence electrons. The molecule has 0 fully saturated rings. The first-order valence-electron chi connectivity index (χ1n) is 7.29. The summed E-state index contributed by atoms with van der Waals surface area (Å²) in [6, 6.07) is 12.3. The highest BCUT2D eigenvalue weighted by Crippen LogP contribution is 2.31. The number of hydrogen-bond acceptors (Lipinski definition) is 5. The van der Waals surface area contributed by atoms with Crippen molar-refractivity contribution in [3.8, 4) is 17.2 Å². The van der Waals surface area contributed by atoms with Gasteiger partial charge in [0, 0.05) is 5.39 Å². The van der Waals surface area contributed by atoms with Crippen LogP contribution in [0.15, 0.2) is 30.3 Å². The van der Waals surface area contributed by atoms with Gasteiger partial charge < -0.3 is 11.5 Å². The van der Waals surface area contributed by atoms with Crippen molar-refractivity contribution in [3.63, 3.8) is 0 Å². The highest BCUT2D eigenvalue weighted by atomic mass is 15.0. The Labute approximate surface area is 134 Å². The Morgan fingerprint density at radius 2 is 1.83 bits per heavy atom. The maximum Gasteiger partial charge on any atom is 0.222 e. The van der Waals surface area contributed by atoms with Gasteiger partial charge in [-0.05, 0) is 48.2 Å². The van der Waals surface area contributed by atoms with Gasteiger partial charge in [-0.15, -0.1) is 0 Å². The van der Waals surface area contributed by atoms with Crippen LogP contribution in [-0.4, -0.2) is 9.97 Å². The van der Waals surface area contributed by atoms with Crippen LogP contribution in [-0.2, 0) is 6.42 Å². The molecule has 2 aromatic carbocycles. The van der Waals surface area contributed by atoms with Gasteiger partial charge in [0.05, 0.1) is 18.0 Å². The molecule has 0 radical (unpaired) electrons. The molecule has 5 nitrogen and oxygen atoms in total. The van der Waals surface area contributed by atoms with Crippen LogP contribution in [0.25, 0.3) is 22.0 Å². The molecule has 1 aromatic heterocycles. The van der Waals surface area contributed by atoms with Crippen LogP contribution in [0.1, 0.15) is 16.7 Å². The van der Waals surface area contributed by atoms with Gasteiger partial charge in [0.25, 0.3) is 0 Å². The van der Waals surface area contributed by atoms with Crippen LogP contribution in [0, 0.1) is 25.2 Å². The van der Waals surface area contributed by atoms with E-state index in [1.165, 1.54) is 0 Å². The predicted octanol–water partition coefficient (Wildman–Crippen LogP) is 3.14. The van der Waals surface area contributed by atoms with Crippen molar-refractivity contribution in [2.45, 2.75) is 20.3 Å². The van der Waals surface area contributed by atoms with E-state index >= 15 is 0 Å². The van der Waals surface area contributed by atoms with E-state index in [9.17, 15) is 0 Å². The van der Waals surface area contributed by atoms with Crippen LogP contribution in [0.4, 0.5) is 11.8 Å². The monoisotopic (exact) mass is 303 g/mol. The summed E-state index contributed by atoms with van der Waals surface area (Å²) in [6.07, 6.45) is 0.392. The Hall–Kier alpha value is -3.13. The van der Waals surface area contributed by atoms with E-state index in [1.807, 2.05) is 38.1 Å². The number of rotatable bonds is 2. The second-order valence-electron chi connectivity index (χ2n) is 5.69. The highest BCUT2D eigenvalue weighted by molar-refractivity contribution is 5.93. The van der Waals surface area contributed by atoms with Gasteiger partial charge in [-0.25, -0.2) is 4.98 Å². The number of hydrogen-bond donors (Lipinski definition) is 2. The SMILES string of the molecule is Cc1cc(CC#N)cc(-c2cc3nc(N)nc(N)c3cc2C)c1. The van der Waals surface area contributed by atoms with Crippen molar-refractivity contribution in [2.75, 3.05) is 11.5 Å². The third-order valence-corrected chi connectivity index (χ3v) is 3.82. The number of aromatic nitrogens is 2. The average molecular weight is 303 g/mol. The lowest BCUT2D eigenvalue weighted by molar-refractivity contribution is 1.24. The summed E-state index contributed by atoms with van der Waals surface area (Å²) in [4.78, 5) is 8.29. The summed E-state index contributed by atoms with van der Waals surface area (Å²) < 4.78 is 0. The molecule has 0 saturated heterocycles. The van der Waals surface area contributed by atoms with Crippen LogP contribution in [0.5, 0.6) is 0 Å². The van der Waals surface area contributed by atoms with Crippen molar-refractivity contribution >= 4 is 22.7 Å². The van der Waals surface area contributed by atoms with Crippen molar-refractivity contribution in [1.82, 2.24) is 9.97 Å². The zero-order valence-electron chi connectivity index (χ0n) is 13.1. The zero-order valence-corrected chi connectivity index (χ0v) is 13.1. The topological polar surface area (TPSA) is 102 Å². The van der Waals surface area contributed by atoms with E-state index in [-0.39, 0.29) is 5.95 Å². The molecule has 0 unspecified atom stereocenters. The molecule has 0 saturated carbocycles. The van der Waals surface area contributed by atoms with E-state index in [1.54, 1.807) is 0 Å². The first kappa shape index (κ1) is 14.8. The fourth-order valence-electron chi connectivity index (χ4n) is 2.85. The Balaban J connectivity index is 2.24. The highest BCUT2D eigenvalue weighted by Gasteiger charge is 2.10. The minimum absolute atomic E-state index is 0.166. The maximum atomic E-state index is 8.93. The van der Waals surface area contributed by atoms with Crippen molar-refractivity contribution in [1.29, 1.82) is 5.26 Å². The van der Waals surface area contributed by atoms with Crippen molar-refractivity contribution in [3.05, 3.63) is 47.0 Å². The average Bonchev–Trinajstić information content (AvgIpc) is 2.47. The largest absolute Gasteiger partial charge is 0.383 e. The minimum atomic E-state index is 0.166. The fourth-order valence-corrected chi connectivity index (χ4v) is 2.85. The van der Waals surface area contributed by atoms with E-state index in [0.29, 0.717) is 12.2 Å². The molecular weight excluding hydrogens is 286 g/mol. The molecule has 3 aromatic rings. The normalized spacial score (nSPS) is 10.7. The summed E-state index contributed by atoms with van der Waals surface area (Å²) in [6.45, 7) is 4.05. The molecule has 5 heteroatoms. The molecule has 0 atom stereocenters. The van der Waals surface area contributed by atoms with Gasteiger partial charge in [-0.3, -0.25) is 0 Å². The third-order valence-electron chi connectivity index (χ3n) is 3.82. The zero-order chi connectivity index (χ0) is 16.6. The van der Waals surface area contributed by atoms with Crippen LogP contribution < -0.4 is 11.5 Å². The Bertz CT molecular complexity index is 954. The Morgan fingerprint density at radius 3 is 2.57 bits per heavy atom. The molecule has 1 heterocycles. The van der Waals surface area contributed by atoms with Gasteiger partial charge in [-0.2, -0.15) is 10.2 Å². The van der Waals surface area contributed by atoms with E-state index in [0.717, 1.165) is 38.7 Å². The van der Waals surface area contributed by atoms with E-state index < -0.39 is 0 Å². The smallest absolute Gasteiger partial charge is 0.222 e. The van der Waals surface area contributed by atoms with Crippen LogP contribution in [0.2, 0.25) is 0 Å². The van der Waals surface area contributed by atoms with Gasteiger partial charge in [0.2, 0.25) is 5.95 Å². The molecule has 4 N–H and O–H groups in total. The molecule has 0 amide bonds. The lowest BCUT2D eigenvalue weighted by Gasteiger charge is -2.11. The number of nitriles is 1. The number of fused-ring (bicyclic) bond motifs is 1. The van der Waals surface area contributed by atoms with Gasteiger partial charge in [-0.1, -0.05) is 23.8 Å².